The lowest BCUT2D eigenvalue weighted by molar-refractivity contribution is -0.142. The molecule has 1 aliphatic heterocycles. The Kier molecular flexibility index (Phi) is 12.6. The number of ketones is 1. The summed E-state index contributed by atoms with van der Waals surface area (Å²) in [5.41, 5.74) is 3.20. The van der Waals surface area contributed by atoms with Crippen LogP contribution in [0.25, 0.3) is 0 Å². The smallest absolute Gasteiger partial charge is 0.323 e. The summed E-state index contributed by atoms with van der Waals surface area (Å²) in [5.74, 6) is -1.25. The van der Waals surface area contributed by atoms with Gasteiger partial charge in [0, 0.05) is 12.6 Å². The molecule has 3 N–H and O–H groups in total. The molecule has 0 bridgehead atoms. The molecule has 0 aromatic heterocycles. The van der Waals surface area contributed by atoms with Crippen LogP contribution in [-0.4, -0.2) is 63.2 Å². The summed E-state index contributed by atoms with van der Waals surface area (Å²) in [5, 5.41) is 28.2. The molecule has 2 unspecified atom stereocenters. The van der Waals surface area contributed by atoms with Gasteiger partial charge in [0.1, 0.15) is 12.6 Å². The Bertz CT molecular complexity index is 808. The molecule has 0 saturated heterocycles. The fourth-order valence-corrected chi connectivity index (χ4v) is 3.65. The molecule has 33 heavy (non-hydrogen) atoms. The number of carbonyl (C=O) groups excluding carboxylic acids is 2. The summed E-state index contributed by atoms with van der Waals surface area (Å²) < 4.78 is 0. The predicted molar refractivity (Wildman–Crippen MR) is 129 cm³/mol. The molecule has 1 amide bonds. The number of aliphatic hydroxyl groups excluding tert-OH is 2. The first-order valence-electron chi connectivity index (χ1n) is 11.6. The molecule has 0 fully saturated rings. The lowest BCUT2D eigenvalue weighted by atomic mass is 9.99. The van der Waals surface area contributed by atoms with E-state index in [0.717, 1.165) is 43.3 Å². The molecule has 1 rings (SSSR count). The maximum Gasteiger partial charge on any atom is 0.323 e. The number of aliphatic carboxylic acids is 1. The molecule has 0 aromatic rings. The number of carboxylic acids is 1. The van der Waals surface area contributed by atoms with E-state index in [4.69, 9.17) is 5.11 Å². The summed E-state index contributed by atoms with van der Waals surface area (Å²) in [7, 11) is 0. The van der Waals surface area contributed by atoms with Gasteiger partial charge in [0.05, 0.1) is 6.10 Å². The van der Waals surface area contributed by atoms with E-state index in [9.17, 15) is 24.6 Å². The van der Waals surface area contributed by atoms with Crippen LogP contribution in [0.4, 0.5) is 0 Å². The van der Waals surface area contributed by atoms with Crippen LogP contribution >= 0.6 is 0 Å². The minimum absolute atomic E-state index is 0.216. The highest BCUT2D eigenvalue weighted by Crippen LogP contribution is 2.19. The Morgan fingerprint density at radius 2 is 1.88 bits per heavy atom. The highest BCUT2D eigenvalue weighted by molar-refractivity contribution is 5.93. The third-order valence-corrected chi connectivity index (χ3v) is 5.68. The Balaban J connectivity index is 2.30. The van der Waals surface area contributed by atoms with Gasteiger partial charge in [-0.25, -0.2) is 0 Å². The van der Waals surface area contributed by atoms with Crippen LogP contribution in [0.3, 0.4) is 0 Å². The average Bonchev–Trinajstić information content (AvgIpc) is 3.05. The van der Waals surface area contributed by atoms with Crippen molar-refractivity contribution in [2.45, 2.75) is 78.4 Å². The maximum atomic E-state index is 11.8. The number of hydrogen-bond acceptors (Lipinski definition) is 5. The Hall–Kier alpha value is -2.51. The summed E-state index contributed by atoms with van der Waals surface area (Å²) in [4.78, 5) is 35.0. The van der Waals surface area contributed by atoms with E-state index < -0.39 is 24.0 Å². The van der Waals surface area contributed by atoms with Crippen LogP contribution in [0.2, 0.25) is 0 Å². The monoisotopic (exact) mass is 461 g/mol. The minimum atomic E-state index is -1.32. The van der Waals surface area contributed by atoms with Crippen molar-refractivity contribution >= 4 is 17.7 Å². The summed E-state index contributed by atoms with van der Waals surface area (Å²) >= 11 is 0. The topological polar surface area (TPSA) is 115 Å². The number of nitrogens with zero attached hydrogens (tertiary/aromatic N) is 1. The van der Waals surface area contributed by atoms with E-state index >= 15 is 0 Å². The van der Waals surface area contributed by atoms with Crippen LogP contribution in [0.15, 0.2) is 47.1 Å². The van der Waals surface area contributed by atoms with E-state index in [1.807, 2.05) is 13.0 Å². The third kappa shape index (κ3) is 11.8. The number of carboxylic acid groups (broad SMARTS) is 1. The van der Waals surface area contributed by atoms with E-state index in [-0.39, 0.29) is 18.9 Å². The van der Waals surface area contributed by atoms with Crippen molar-refractivity contribution in [1.29, 1.82) is 0 Å². The third-order valence-electron chi connectivity index (χ3n) is 5.68. The van der Waals surface area contributed by atoms with Crippen LogP contribution in [0, 0.1) is 5.92 Å². The van der Waals surface area contributed by atoms with Gasteiger partial charge in [0.25, 0.3) is 0 Å². The van der Waals surface area contributed by atoms with Gasteiger partial charge >= 0.3 is 5.97 Å². The van der Waals surface area contributed by atoms with E-state index in [1.54, 1.807) is 6.08 Å². The molecule has 0 aromatic carbocycles. The van der Waals surface area contributed by atoms with Gasteiger partial charge in [-0.05, 0) is 70.8 Å². The fraction of sp³-hybridized carbons (Fsp3) is 0.577. The molecule has 3 atom stereocenters. The van der Waals surface area contributed by atoms with Crippen molar-refractivity contribution < 1.29 is 29.7 Å². The number of amides is 1. The van der Waals surface area contributed by atoms with Crippen LogP contribution in [0.5, 0.6) is 0 Å². The number of aliphatic hydroxyl groups is 2. The zero-order valence-corrected chi connectivity index (χ0v) is 20.3. The average molecular weight is 462 g/mol. The SMILES string of the molecule is CC(=O)C(O)C(O)C/C(C)=C\CC[C@H](C)/C=C/C=C(\C)CCCC1=CC(=O)N(CC(=O)O)C1. The zero-order chi connectivity index (χ0) is 25.0. The van der Waals surface area contributed by atoms with Crippen molar-refractivity contribution in [3.05, 3.63) is 47.1 Å². The van der Waals surface area contributed by atoms with Crippen LogP contribution in [0.1, 0.15) is 66.2 Å². The number of Topliss-reactive ketones (excluding diaryl/α,β-unsaturated/α-hetero) is 1. The second-order valence-electron chi connectivity index (χ2n) is 9.07. The van der Waals surface area contributed by atoms with Gasteiger partial charge in [-0.2, -0.15) is 0 Å². The molecule has 7 heteroatoms. The lowest BCUT2D eigenvalue weighted by Gasteiger charge is -2.15. The molecular weight excluding hydrogens is 422 g/mol. The second kappa shape index (κ2) is 14.6. The summed E-state index contributed by atoms with van der Waals surface area (Å²) in [6.45, 7) is 7.54. The molecule has 0 aliphatic carbocycles. The first kappa shape index (κ1) is 28.5. The van der Waals surface area contributed by atoms with E-state index in [1.165, 1.54) is 17.4 Å². The van der Waals surface area contributed by atoms with Crippen LogP contribution in [-0.2, 0) is 14.4 Å². The standard InChI is InChI=1S/C26H39NO6/c1-18(10-6-12-20(3)14-23(29)26(33)21(4)28)8-5-9-19(2)11-7-13-22-15-24(30)27(16-22)17-25(31)32/h5,8-9,12,15,18,23,26,29,33H,6-7,10-11,13-14,16-17H2,1-4H3,(H,31,32)/b8-5+,19-9+,20-12-/t18-,23?,26?/m1/s1. The second-order valence-corrected chi connectivity index (χ2v) is 9.07. The van der Waals surface area contributed by atoms with Gasteiger partial charge in [0.2, 0.25) is 5.91 Å². The van der Waals surface area contributed by atoms with Gasteiger partial charge in [-0.3, -0.25) is 14.4 Å². The number of carbonyl (C=O) groups is 3. The van der Waals surface area contributed by atoms with E-state index in [2.05, 4.69) is 32.1 Å². The number of rotatable bonds is 15. The largest absolute Gasteiger partial charge is 0.480 e. The van der Waals surface area contributed by atoms with Crippen molar-refractivity contribution in [3.63, 3.8) is 0 Å². The van der Waals surface area contributed by atoms with E-state index in [0.29, 0.717) is 12.5 Å². The van der Waals surface area contributed by atoms with Gasteiger partial charge in [-0.1, -0.05) is 42.4 Å². The molecule has 7 nitrogen and oxygen atoms in total. The fourth-order valence-electron chi connectivity index (χ4n) is 3.65. The number of allylic oxidation sites excluding steroid dienone is 5. The van der Waals surface area contributed by atoms with Gasteiger partial charge < -0.3 is 20.2 Å². The van der Waals surface area contributed by atoms with Gasteiger partial charge in [0.15, 0.2) is 5.78 Å². The highest BCUT2D eigenvalue weighted by Gasteiger charge is 2.23. The maximum absolute atomic E-state index is 11.8. The Morgan fingerprint density at radius 3 is 2.52 bits per heavy atom. The molecule has 0 spiro atoms. The quantitative estimate of drug-likeness (QED) is 0.254. The lowest BCUT2D eigenvalue weighted by Crippen LogP contribution is -2.32. The summed E-state index contributed by atoms with van der Waals surface area (Å²) in [6, 6.07) is 0. The highest BCUT2D eigenvalue weighted by atomic mass is 16.4. The first-order valence-corrected chi connectivity index (χ1v) is 11.6. The Labute approximate surface area is 197 Å². The number of hydrogen-bond donors (Lipinski definition) is 3. The van der Waals surface area contributed by atoms with Crippen molar-refractivity contribution in [2.75, 3.05) is 13.1 Å². The Morgan fingerprint density at radius 1 is 1.18 bits per heavy atom. The zero-order valence-electron chi connectivity index (χ0n) is 20.3. The van der Waals surface area contributed by atoms with Crippen molar-refractivity contribution in [2.24, 2.45) is 5.92 Å². The van der Waals surface area contributed by atoms with Crippen molar-refractivity contribution in [1.82, 2.24) is 4.90 Å². The first-order chi connectivity index (χ1) is 15.5. The normalized spacial score (nSPS) is 17.9. The molecule has 184 valence electrons. The molecule has 0 radical (unpaired) electrons. The minimum Gasteiger partial charge on any atom is -0.480 e. The molecule has 1 aliphatic rings. The van der Waals surface area contributed by atoms with Crippen LogP contribution < -0.4 is 0 Å². The molecule has 0 saturated carbocycles. The molecular formula is C26H39NO6. The van der Waals surface area contributed by atoms with Crippen molar-refractivity contribution in [3.8, 4) is 0 Å². The predicted octanol–water partition coefficient (Wildman–Crippen LogP) is 3.58. The molecule has 1 heterocycles. The van der Waals surface area contributed by atoms with Gasteiger partial charge in [-0.15, -0.1) is 0 Å². The summed E-state index contributed by atoms with van der Waals surface area (Å²) in [6.07, 6.45) is 12.3.